The standard InChI is InChI=1S/C13H16ClN3O/c1-18-9-7-11-4-2-3-5-13(11)17-10-12(6-8-14)15-16-17/h2-5,10H,6-9H2,1H3. The van der Waals surface area contributed by atoms with E-state index < -0.39 is 0 Å². The lowest BCUT2D eigenvalue weighted by molar-refractivity contribution is 0.202. The van der Waals surface area contributed by atoms with E-state index in [0.717, 1.165) is 24.2 Å². The molecule has 0 aliphatic carbocycles. The first-order valence-corrected chi connectivity index (χ1v) is 6.43. The van der Waals surface area contributed by atoms with Gasteiger partial charge >= 0.3 is 0 Å². The Morgan fingerprint density at radius 1 is 1.28 bits per heavy atom. The van der Waals surface area contributed by atoms with Gasteiger partial charge in [-0.25, -0.2) is 4.68 Å². The van der Waals surface area contributed by atoms with Crippen molar-refractivity contribution in [3.63, 3.8) is 0 Å². The minimum Gasteiger partial charge on any atom is -0.384 e. The molecule has 0 N–H and O–H groups in total. The predicted octanol–water partition coefficient (Wildman–Crippen LogP) is 2.24. The number of nitrogens with zero attached hydrogens (tertiary/aromatic N) is 3. The summed E-state index contributed by atoms with van der Waals surface area (Å²) >= 11 is 5.70. The molecule has 5 heteroatoms. The van der Waals surface area contributed by atoms with Gasteiger partial charge in [-0.05, 0) is 18.1 Å². The smallest absolute Gasteiger partial charge is 0.0843 e. The summed E-state index contributed by atoms with van der Waals surface area (Å²) in [5.74, 6) is 0.560. The maximum Gasteiger partial charge on any atom is 0.0843 e. The second kappa shape index (κ2) is 6.52. The van der Waals surface area contributed by atoms with E-state index in [1.807, 2.05) is 24.4 Å². The molecule has 18 heavy (non-hydrogen) atoms. The van der Waals surface area contributed by atoms with E-state index >= 15 is 0 Å². The monoisotopic (exact) mass is 265 g/mol. The zero-order valence-corrected chi connectivity index (χ0v) is 11.1. The maximum absolute atomic E-state index is 5.70. The van der Waals surface area contributed by atoms with Gasteiger partial charge in [0.05, 0.1) is 24.2 Å². The highest BCUT2D eigenvalue weighted by Crippen LogP contribution is 2.14. The molecule has 0 spiro atoms. The van der Waals surface area contributed by atoms with Gasteiger partial charge in [0.1, 0.15) is 0 Å². The Morgan fingerprint density at radius 3 is 2.89 bits per heavy atom. The molecule has 0 atom stereocenters. The molecule has 0 saturated heterocycles. The number of hydrogen-bond donors (Lipinski definition) is 0. The number of aryl methyl sites for hydroxylation is 1. The Balaban J connectivity index is 2.25. The van der Waals surface area contributed by atoms with Crippen molar-refractivity contribution in [2.24, 2.45) is 0 Å². The molecular weight excluding hydrogens is 250 g/mol. The third-order valence-electron chi connectivity index (χ3n) is 2.71. The molecule has 1 aromatic heterocycles. The van der Waals surface area contributed by atoms with Gasteiger partial charge in [-0.2, -0.15) is 0 Å². The van der Waals surface area contributed by atoms with Crippen molar-refractivity contribution in [1.82, 2.24) is 15.0 Å². The number of para-hydroxylation sites is 1. The molecule has 0 radical (unpaired) electrons. The van der Waals surface area contributed by atoms with Crippen LogP contribution < -0.4 is 0 Å². The van der Waals surface area contributed by atoms with Crippen LogP contribution in [0.2, 0.25) is 0 Å². The summed E-state index contributed by atoms with van der Waals surface area (Å²) in [6.07, 6.45) is 3.52. The minimum atomic E-state index is 0.560. The lowest BCUT2D eigenvalue weighted by Gasteiger charge is -2.07. The lowest BCUT2D eigenvalue weighted by atomic mass is 10.1. The summed E-state index contributed by atoms with van der Waals surface area (Å²) in [5.41, 5.74) is 3.15. The molecule has 2 rings (SSSR count). The molecule has 0 fully saturated rings. The first kappa shape index (κ1) is 13.1. The molecule has 0 bridgehead atoms. The molecule has 96 valence electrons. The SMILES string of the molecule is COCCc1ccccc1-n1cc(CCCl)nn1. The molecule has 0 aliphatic rings. The number of methoxy groups -OCH3 is 1. The van der Waals surface area contributed by atoms with Gasteiger partial charge in [0.15, 0.2) is 0 Å². The number of halogens is 1. The van der Waals surface area contributed by atoms with Crippen LogP contribution in [0.4, 0.5) is 0 Å². The average Bonchev–Trinajstić information content (AvgIpc) is 2.86. The van der Waals surface area contributed by atoms with E-state index in [1.54, 1.807) is 11.8 Å². The molecule has 1 heterocycles. The van der Waals surface area contributed by atoms with E-state index in [4.69, 9.17) is 16.3 Å². The van der Waals surface area contributed by atoms with Crippen LogP contribution in [-0.2, 0) is 17.6 Å². The van der Waals surface area contributed by atoms with E-state index in [-0.39, 0.29) is 0 Å². The third kappa shape index (κ3) is 3.09. The van der Waals surface area contributed by atoms with Crippen molar-refractivity contribution >= 4 is 11.6 Å². The van der Waals surface area contributed by atoms with Gasteiger partial charge in [0.25, 0.3) is 0 Å². The zero-order valence-electron chi connectivity index (χ0n) is 10.3. The van der Waals surface area contributed by atoms with E-state index in [1.165, 1.54) is 5.56 Å². The van der Waals surface area contributed by atoms with Crippen molar-refractivity contribution in [1.29, 1.82) is 0 Å². The first-order chi connectivity index (χ1) is 8.85. The van der Waals surface area contributed by atoms with Crippen molar-refractivity contribution in [2.75, 3.05) is 19.6 Å². The van der Waals surface area contributed by atoms with Crippen LogP contribution in [0.3, 0.4) is 0 Å². The molecule has 4 nitrogen and oxygen atoms in total. The maximum atomic E-state index is 5.70. The van der Waals surface area contributed by atoms with Crippen LogP contribution in [0.15, 0.2) is 30.5 Å². The summed E-state index contributed by atoms with van der Waals surface area (Å²) in [5, 5.41) is 8.24. The largest absolute Gasteiger partial charge is 0.384 e. The summed E-state index contributed by atoms with van der Waals surface area (Å²) < 4.78 is 6.92. The topological polar surface area (TPSA) is 39.9 Å². The van der Waals surface area contributed by atoms with E-state index in [9.17, 15) is 0 Å². The second-order valence-corrected chi connectivity index (χ2v) is 4.34. The highest BCUT2D eigenvalue weighted by atomic mass is 35.5. The van der Waals surface area contributed by atoms with Gasteiger partial charge in [0.2, 0.25) is 0 Å². The van der Waals surface area contributed by atoms with Gasteiger partial charge in [-0.1, -0.05) is 23.4 Å². The lowest BCUT2D eigenvalue weighted by Crippen LogP contribution is -2.03. The second-order valence-electron chi connectivity index (χ2n) is 3.96. The quantitative estimate of drug-likeness (QED) is 0.752. The van der Waals surface area contributed by atoms with E-state index in [0.29, 0.717) is 12.5 Å². The van der Waals surface area contributed by atoms with Crippen LogP contribution >= 0.6 is 11.6 Å². The average molecular weight is 266 g/mol. The van der Waals surface area contributed by atoms with Crippen LogP contribution in [0, 0.1) is 0 Å². The van der Waals surface area contributed by atoms with Crippen LogP contribution in [-0.4, -0.2) is 34.6 Å². The van der Waals surface area contributed by atoms with E-state index in [2.05, 4.69) is 16.4 Å². The Labute approximate surface area is 112 Å². The Bertz CT molecular complexity index is 498. The fourth-order valence-electron chi connectivity index (χ4n) is 1.79. The number of rotatable bonds is 6. The molecule has 0 unspecified atom stereocenters. The molecular formula is C13H16ClN3O. The number of ether oxygens (including phenoxy) is 1. The fraction of sp³-hybridized carbons (Fsp3) is 0.385. The van der Waals surface area contributed by atoms with Crippen LogP contribution in [0.5, 0.6) is 0 Å². The number of alkyl halides is 1. The van der Waals surface area contributed by atoms with Gasteiger partial charge in [-0.15, -0.1) is 16.7 Å². The predicted molar refractivity (Wildman–Crippen MR) is 71.4 cm³/mol. The molecule has 0 saturated carbocycles. The highest BCUT2D eigenvalue weighted by molar-refractivity contribution is 6.17. The minimum absolute atomic E-state index is 0.560. The number of aromatic nitrogens is 3. The molecule has 1 aromatic carbocycles. The molecule has 0 aliphatic heterocycles. The van der Waals surface area contributed by atoms with Crippen molar-refractivity contribution in [3.8, 4) is 5.69 Å². The fourth-order valence-corrected chi connectivity index (χ4v) is 1.98. The van der Waals surface area contributed by atoms with Gasteiger partial charge < -0.3 is 4.74 Å². The molecule has 2 aromatic rings. The zero-order chi connectivity index (χ0) is 12.8. The highest BCUT2D eigenvalue weighted by Gasteiger charge is 2.06. The van der Waals surface area contributed by atoms with Crippen molar-refractivity contribution in [2.45, 2.75) is 12.8 Å². The third-order valence-corrected chi connectivity index (χ3v) is 2.89. The Morgan fingerprint density at radius 2 is 2.11 bits per heavy atom. The summed E-state index contributed by atoms with van der Waals surface area (Å²) in [7, 11) is 1.71. The van der Waals surface area contributed by atoms with Crippen molar-refractivity contribution in [3.05, 3.63) is 41.7 Å². The molecule has 0 amide bonds. The number of hydrogen-bond acceptors (Lipinski definition) is 3. The Kier molecular flexibility index (Phi) is 4.73. The van der Waals surface area contributed by atoms with Gasteiger partial charge in [0, 0.05) is 19.4 Å². The van der Waals surface area contributed by atoms with Crippen molar-refractivity contribution < 1.29 is 4.74 Å². The van der Waals surface area contributed by atoms with Gasteiger partial charge in [-0.3, -0.25) is 0 Å². The number of benzene rings is 1. The normalized spacial score (nSPS) is 10.8. The van der Waals surface area contributed by atoms with Crippen LogP contribution in [0.1, 0.15) is 11.3 Å². The summed E-state index contributed by atoms with van der Waals surface area (Å²) in [6, 6.07) is 8.13. The summed E-state index contributed by atoms with van der Waals surface area (Å²) in [6.45, 7) is 0.695. The Hall–Kier alpha value is -1.39. The summed E-state index contributed by atoms with van der Waals surface area (Å²) in [4.78, 5) is 0. The first-order valence-electron chi connectivity index (χ1n) is 5.89. The van der Waals surface area contributed by atoms with Crippen LogP contribution in [0.25, 0.3) is 5.69 Å².